The molecule has 2 aromatic carbocycles. The van der Waals surface area contributed by atoms with Gasteiger partial charge in [-0.05, 0) is 37.4 Å². The zero-order valence-electron chi connectivity index (χ0n) is 15.2. The van der Waals surface area contributed by atoms with E-state index in [9.17, 15) is 17.2 Å². The molecule has 1 fully saturated rings. The minimum atomic E-state index is -4.18. The van der Waals surface area contributed by atoms with E-state index in [-0.39, 0.29) is 12.4 Å². The fourth-order valence-corrected chi connectivity index (χ4v) is 4.85. The van der Waals surface area contributed by atoms with E-state index < -0.39 is 26.6 Å². The number of benzene rings is 2. The van der Waals surface area contributed by atoms with E-state index in [0.29, 0.717) is 11.6 Å². The van der Waals surface area contributed by atoms with Gasteiger partial charge in [-0.2, -0.15) is 0 Å². The summed E-state index contributed by atoms with van der Waals surface area (Å²) in [7, 11) is -2.11. The van der Waals surface area contributed by atoms with E-state index in [2.05, 4.69) is 16.8 Å². The molecule has 0 aliphatic carbocycles. The highest BCUT2D eigenvalue weighted by atomic mass is 35.5. The van der Waals surface area contributed by atoms with Crippen molar-refractivity contribution in [1.29, 1.82) is 0 Å². The van der Waals surface area contributed by atoms with E-state index in [1.165, 1.54) is 6.20 Å². The third-order valence-corrected chi connectivity index (χ3v) is 6.67. The van der Waals surface area contributed by atoms with Crippen molar-refractivity contribution < 1.29 is 17.2 Å². The van der Waals surface area contributed by atoms with Crippen LogP contribution in [0.25, 0.3) is 10.9 Å². The first-order valence-electron chi connectivity index (χ1n) is 8.62. The van der Waals surface area contributed by atoms with Crippen LogP contribution >= 0.6 is 12.4 Å². The smallest absolute Gasteiger partial charge is 0.271 e. The number of rotatable bonds is 3. The molecule has 0 saturated carbocycles. The van der Waals surface area contributed by atoms with Crippen molar-refractivity contribution in [2.75, 3.05) is 38.1 Å². The SMILES string of the molecule is CN1CCN(c2cccc3c2ccn3S(=O)(=O)c2ccc(F)cc2F)CC1.Cl. The average molecular weight is 428 g/mol. The van der Waals surface area contributed by atoms with Crippen LogP contribution in [-0.4, -0.2) is 50.5 Å². The molecule has 1 aromatic heterocycles. The van der Waals surface area contributed by atoms with E-state index in [4.69, 9.17) is 0 Å². The molecule has 0 amide bonds. The molecule has 150 valence electrons. The van der Waals surface area contributed by atoms with Gasteiger partial charge >= 0.3 is 0 Å². The Hall–Kier alpha value is -2.16. The zero-order chi connectivity index (χ0) is 19.2. The summed E-state index contributed by atoms with van der Waals surface area (Å²) in [6.45, 7) is 3.55. The summed E-state index contributed by atoms with van der Waals surface area (Å²) < 4.78 is 54.2. The molecule has 0 bridgehead atoms. The Bertz CT molecular complexity index is 1110. The number of likely N-dealkylation sites (N-methyl/N-ethyl adjacent to an activating group) is 1. The van der Waals surface area contributed by atoms with Crippen molar-refractivity contribution in [2.45, 2.75) is 4.90 Å². The number of aromatic nitrogens is 1. The number of hydrogen-bond donors (Lipinski definition) is 0. The van der Waals surface area contributed by atoms with Gasteiger partial charge in [0.1, 0.15) is 16.5 Å². The van der Waals surface area contributed by atoms with Crippen LogP contribution in [0, 0.1) is 11.6 Å². The van der Waals surface area contributed by atoms with Gasteiger partial charge in [0.25, 0.3) is 10.0 Å². The predicted molar refractivity (Wildman–Crippen MR) is 108 cm³/mol. The van der Waals surface area contributed by atoms with Crippen LogP contribution in [0.1, 0.15) is 0 Å². The normalized spacial score (nSPS) is 15.6. The number of fused-ring (bicyclic) bond motifs is 1. The lowest BCUT2D eigenvalue weighted by atomic mass is 10.2. The quantitative estimate of drug-likeness (QED) is 0.643. The summed E-state index contributed by atoms with van der Waals surface area (Å²) >= 11 is 0. The van der Waals surface area contributed by atoms with Gasteiger partial charge in [-0.1, -0.05) is 6.07 Å². The molecule has 28 heavy (non-hydrogen) atoms. The van der Waals surface area contributed by atoms with Gasteiger partial charge < -0.3 is 9.80 Å². The molecule has 0 N–H and O–H groups in total. The first kappa shape index (κ1) is 20.6. The molecule has 9 heteroatoms. The van der Waals surface area contributed by atoms with Gasteiger partial charge in [0.2, 0.25) is 0 Å². The largest absolute Gasteiger partial charge is 0.368 e. The third kappa shape index (κ3) is 3.47. The minimum Gasteiger partial charge on any atom is -0.368 e. The molecule has 4 rings (SSSR count). The van der Waals surface area contributed by atoms with Crippen LogP contribution in [0.2, 0.25) is 0 Å². The molecule has 5 nitrogen and oxygen atoms in total. The van der Waals surface area contributed by atoms with Crippen LogP contribution < -0.4 is 4.90 Å². The predicted octanol–water partition coefficient (Wildman–Crippen LogP) is 3.33. The van der Waals surface area contributed by atoms with Crippen molar-refractivity contribution in [3.63, 3.8) is 0 Å². The maximum Gasteiger partial charge on any atom is 0.271 e. The van der Waals surface area contributed by atoms with Gasteiger partial charge in [-0.3, -0.25) is 0 Å². The van der Waals surface area contributed by atoms with Gasteiger partial charge in [-0.25, -0.2) is 21.2 Å². The van der Waals surface area contributed by atoms with Gasteiger partial charge in [-0.15, -0.1) is 12.4 Å². The summed E-state index contributed by atoms with van der Waals surface area (Å²) in [5.41, 5.74) is 1.42. The standard InChI is InChI=1S/C19H19F2N3O2S.ClH/c1-22-9-11-23(12-10-22)17-3-2-4-18-15(17)7-8-24(18)27(25,26)19-6-5-14(20)13-16(19)21;/h2-8,13H,9-12H2,1H3;1H. The lowest BCUT2D eigenvalue weighted by Gasteiger charge is -2.34. The lowest BCUT2D eigenvalue weighted by molar-refractivity contribution is 0.313. The molecule has 0 radical (unpaired) electrons. The number of hydrogen-bond acceptors (Lipinski definition) is 4. The highest BCUT2D eigenvalue weighted by Gasteiger charge is 2.25. The summed E-state index contributed by atoms with van der Waals surface area (Å²) in [5, 5.41) is 0.785. The topological polar surface area (TPSA) is 45.5 Å². The van der Waals surface area contributed by atoms with Crippen LogP contribution in [0.4, 0.5) is 14.5 Å². The first-order valence-corrected chi connectivity index (χ1v) is 10.1. The Labute approximate surface area is 168 Å². The number of halogens is 3. The number of piperazine rings is 1. The molecule has 2 heterocycles. The molecule has 1 aliphatic heterocycles. The van der Waals surface area contributed by atoms with Gasteiger partial charge in [0.15, 0.2) is 0 Å². The highest BCUT2D eigenvalue weighted by Crippen LogP contribution is 2.31. The summed E-state index contributed by atoms with van der Waals surface area (Å²) in [6, 6.07) is 9.64. The zero-order valence-corrected chi connectivity index (χ0v) is 16.8. The van der Waals surface area contributed by atoms with E-state index >= 15 is 0 Å². The fraction of sp³-hybridized carbons (Fsp3) is 0.263. The molecule has 1 saturated heterocycles. The Balaban J connectivity index is 0.00000225. The molecule has 0 spiro atoms. The maximum atomic E-state index is 14.1. The van der Waals surface area contributed by atoms with E-state index in [1.54, 1.807) is 18.2 Å². The Morgan fingerprint density at radius 1 is 0.964 bits per heavy atom. The van der Waals surface area contributed by atoms with Crippen molar-refractivity contribution >= 4 is 39.0 Å². The molecule has 0 atom stereocenters. The Morgan fingerprint density at radius 3 is 2.36 bits per heavy atom. The second-order valence-electron chi connectivity index (χ2n) is 6.69. The lowest BCUT2D eigenvalue weighted by Crippen LogP contribution is -2.44. The highest BCUT2D eigenvalue weighted by molar-refractivity contribution is 7.90. The van der Waals surface area contributed by atoms with Crippen LogP contribution in [-0.2, 0) is 10.0 Å². The van der Waals surface area contributed by atoms with Crippen molar-refractivity contribution in [3.05, 3.63) is 60.3 Å². The second kappa shape index (κ2) is 7.69. The van der Waals surface area contributed by atoms with Crippen LogP contribution in [0.5, 0.6) is 0 Å². The van der Waals surface area contributed by atoms with Crippen LogP contribution in [0.15, 0.2) is 53.6 Å². The maximum absolute atomic E-state index is 14.1. The number of anilines is 1. The van der Waals surface area contributed by atoms with Crippen LogP contribution in [0.3, 0.4) is 0 Å². The summed E-state index contributed by atoms with van der Waals surface area (Å²) in [4.78, 5) is 3.91. The molecule has 0 unspecified atom stereocenters. The van der Waals surface area contributed by atoms with Crippen molar-refractivity contribution in [2.24, 2.45) is 0 Å². The molecular formula is C19H20ClF2N3O2S. The van der Waals surface area contributed by atoms with E-state index in [1.807, 2.05) is 6.07 Å². The average Bonchev–Trinajstić information content (AvgIpc) is 3.07. The van der Waals surface area contributed by atoms with Crippen molar-refractivity contribution in [3.8, 4) is 0 Å². The molecular weight excluding hydrogens is 408 g/mol. The molecule has 3 aromatic rings. The molecule has 1 aliphatic rings. The number of nitrogens with zero attached hydrogens (tertiary/aromatic N) is 3. The summed E-state index contributed by atoms with van der Waals surface area (Å²) in [5.74, 6) is -1.92. The Morgan fingerprint density at radius 2 is 1.68 bits per heavy atom. The fourth-order valence-electron chi connectivity index (χ4n) is 3.45. The van der Waals surface area contributed by atoms with Gasteiger partial charge in [0.05, 0.1) is 5.52 Å². The first-order chi connectivity index (χ1) is 12.9. The third-order valence-electron chi connectivity index (χ3n) is 4.95. The Kier molecular flexibility index (Phi) is 5.65. The summed E-state index contributed by atoms with van der Waals surface area (Å²) in [6.07, 6.45) is 1.42. The second-order valence-corrected chi connectivity index (χ2v) is 8.47. The van der Waals surface area contributed by atoms with Gasteiger partial charge in [0, 0.05) is 49.5 Å². The minimum absolute atomic E-state index is 0. The van der Waals surface area contributed by atoms with E-state index in [0.717, 1.165) is 53.4 Å². The van der Waals surface area contributed by atoms with Crippen molar-refractivity contribution in [1.82, 2.24) is 8.87 Å². The monoisotopic (exact) mass is 427 g/mol.